The summed E-state index contributed by atoms with van der Waals surface area (Å²) >= 11 is 1.59. The van der Waals surface area contributed by atoms with Crippen molar-refractivity contribution in [2.45, 2.75) is 78.6 Å². The van der Waals surface area contributed by atoms with E-state index in [1.54, 1.807) is 37.4 Å². The Balaban J connectivity index is 2.45. The van der Waals surface area contributed by atoms with E-state index in [0.29, 0.717) is 31.7 Å². The van der Waals surface area contributed by atoms with Gasteiger partial charge in [0.1, 0.15) is 17.7 Å². The Kier molecular flexibility index (Phi) is 12.2. The lowest BCUT2D eigenvalue weighted by atomic mass is 9.96. The standard InChI is InChI=1S/C30H43N3O4S/c1-8-17-33(28(35)25(16-18-38-7)32-29(36)37-30(4,5)6)26(24-15-14-21(2)19-22(24)3)27(34)31-20-23-12-10-9-11-13-23/h9-15,19,25-26H,8,16-18,20H2,1-7H3,(H,31,34)(H,32,36). The summed E-state index contributed by atoms with van der Waals surface area (Å²) in [5.74, 6) is 0.107. The van der Waals surface area contributed by atoms with Crippen LogP contribution in [0.5, 0.6) is 0 Å². The number of nitrogens with one attached hydrogen (secondary N) is 2. The number of benzene rings is 2. The lowest BCUT2D eigenvalue weighted by Crippen LogP contribution is -2.53. The van der Waals surface area contributed by atoms with Gasteiger partial charge < -0.3 is 20.3 Å². The third-order valence-corrected chi connectivity index (χ3v) is 6.58. The van der Waals surface area contributed by atoms with E-state index in [4.69, 9.17) is 4.74 Å². The van der Waals surface area contributed by atoms with Crippen LogP contribution >= 0.6 is 11.8 Å². The van der Waals surface area contributed by atoms with Crippen molar-refractivity contribution in [2.24, 2.45) is 0 Å². The van der Waals surface area contributed by atoms with Crippen LogP contribution in [0.4, 0.5) is 4.79 Å². The highest BCUT2D eigenvalue weighted by Crippen LogP contribution is 2.27. The highest BCUT2D eigenvalue weighted by atomic mass is 32.2. The molecule has 0 heterocycles. The number of hydrogen-bond acceptors (Lipinski definition) is 5. The number of rotatable bonds is 12. The number of thioether (sulfide) groups is 1. The van der Waals surface area contributed by atoms with Crippen molar-refractivity contribution in [1.82, 2.24) is 15.5 Å². The van der Waals surface area contributed by atoms with Crippen LogP contribution in [-0.2, 0) is 20.9 Å². The number of ether oxygens (including phenoxy) is 1. The van der Waals surface area contributed by atoms with E-state index in [0.717, 1.165) is 22.3 Å². The summed E-state index contributed by atoms with van der Waals surface area (Å²) in [6, 6.07) is 13.9. The molecular formula is C30H43N3O4S. The minimum Gasteiger partial charge on any atom is -0.444 e. The normalized spacial score (nSPS) is 12.8. The largest absolute Gasteiger partial charge is 0.444 e. The van der Waals surface area contributed by atoms with Crippen molar-refractivity contribution in [3.05, 3.63) is 70.8 Å². The van der Waals surface area contributed by atoms with E-state index in [9.17, 15) is 14.4 Å². The van der Waals surface area contributed by atoms with Gasteiger partial charge in [-0.3, -0.25) is 9.59 Å². The summed E-state index contributed by atoms with van der Waals surface area (Å²) in [4.78, 5) is 42.1. The molecule has 2 N–H and O–H groups in total. The molecule has 208 valence electrons. The predicted octanol–water partition coefficient (Wildman–Crippen LogP) is 5.55. The molecule has 2 atom stereocenters. The average molecular weight is 542 g/mol. The van der Waals surface area contributed by atoms with E-state index in [-0.39, 0.29) is 11.8 Å². The molecule has 0 fully saturated rings. The van der Waals surface area contributed by atoms with Crippen molar-refractivity contribution in [2.75, 3.05) is 18.6 Å². The Morgan fingerprint density at radius 2 is 1.74 bits per heavy atom. The van der Waals surface area contributed by atoms with Crippen LogP contribution in [0.2, 0.25) is 0 Å². The second kappa shape index (κ2) is 14.8. The topological polar surface area (TPSA) is 87.7 Å². The molecule has 0 saturated heterocycles. The van der Waals surface area contributed by atoms with Crippen LogP contribution in [0.15, 0.2) is 48.5 Å². The zero-order valence-corrected chi connectivity index (χ0v) is 24.6. The Bertz CT molecular complexity index is 1070. The van der Waals surface area contributed by atoms with Crippen molar-refractivity contribution >= 4 is 29.7 Å². The van der Waals surface area contributed by atoms with Crippen LogP contribution in [0.1, 0.15) is 68.8 Å². The zero-order valence-electron chi connectivity index (χ0n) is 23.8. The first-order valence-electron chi connectivity index (χ1n) is 13.1. The van der Waals surface area contributed by atoms with Crippen LogP contribution in [0.25, 0.3) is 0 Å². The molecule has 2 unspecified atom stereocenters. The molecule has 38 heavy (non-hydrogen) atoms. The van der Waals surface area contributed by atoms with Crippen molar-refractivity contribution in [1.29, 1.82) is 0 Å². The number of alkyl carbamates (subject to hydrolysis) is 1. The molecule has 2 rings (SSSR count). The van der Waals surface area contributed by atoms with Gasteiger partial charge in [0.2, 0.25) is 11.8 Å². The molecule has 0 bridgehead atoms. The maximum Gasteiger partial charge on any atom is 0.408 e. The summed E-state index contributed by atoms with van der Waals surface area (Å²) < 4.78 is 5.44. The molecule has 0 aliphatic heterocycles. The van der Waals surface area contributed by atoms with Crippen LogP contribution < -0.4 is 10.6 Å². The van der Waals surface area contributed by atoms with Gasteiger partial charge in [-0.25, -0.2) is 4.79 Å². The van der Waals surface area contributed by atoms with E-state index < -0.39 is 23.8 Å². The highest BCUT2D eigenvalue weighted by Gasteiger charge is 2.36. The number of hydrogen-bond donors (Lipinski definition) is 2. The van der Waals surface area contributed by atoms with E-state index in [1.807, 2.05) is 75.6 Å². The number of aryl methyl sites for hydroxylation is 2. The molecule has 0 aliphatic rings. The monoisotopic (exact) mass is 541 g/mol. The van der Waals surface area contributed by atoms with Gasteiger partial charge in [0.25, 0.3) is 0 Å². The molecule has 8 heteroatoms. The maximum absolute atomic E-state index is 14.1. The first-order valence-corrected chi connectivity index (χ1v) is 14.5. The third kappa shape index (κ3) is 9.71. The van der Waals surface area contributed by atoms with Gasteiger partial charge in [0.15, 0.2) is 0 Å². The van der Waals surface area contributed by atoms with Crippen LogP contribution in [-0.4, -0.2) is 53.0 Å². The zero-order chi connectivity index (χ0) is 28.3. The summed E-state index contributed by atoms with van der Waals surface area (Å²) in [5.41, 5.74) is 3.05. The summed E-state index contributed by atoms with van der Waals surface area (Å²) in [6.07, 6.45) is 2.38. The quantitative estimate of drug-likeness (QED) is 0.368. The van der Waals surface area contributed by atoms with Gasteiger partial charge in [0, 0.05) is 13.1 Å². The minimum atomic E-state index is -0.844. The molecule has 2 aromatic rings. The fourth-order valence-corrected chi connectivity index (χ4v) is 4.69. The maximum atomic E-state index is 14.1. The average Bonchev–Trinajstić information content (AvgIpc) is 2.85. The summed E-state index contributed by atoms with van der Waals surface area (Å²) in [7, 11) is 0. The smallest absolute Gasteiger partial charge is 0.408 e. The van der Waals surface area contributed by atoms with Crippen molar-refractivity contribution < 1.29 is 19.1 Å². The number of amides is 3. The minimum absolute atomic E-state index is 0.261. The Morgan fingerprint density at radius 3 is 2.32 bits per heavy atom. The first-order chi connectivity index (χ1) is 18.0. The molecule has 2 aromatic carbocycles. The lowest BCUT2D eigenvalue weighted by Gasteiger charge is -2.35. The molecule has 7 nitrogen and oxygen atoms in total. The Labute approximate surface area is 232 Å². The van der Waals surface area contributed by atoms with Gasteiger partial charge in [-0.15, -0.1) is 0 Å². The molecule has 0 radical (unpaired) electrons. The molecule has 0 saturated carbocycles. The van der Waals surface area contributed by atoms with Gasteiger partial charge in [0.05, 0.1) is 0 Å². The number of nitrogens with zero attached hydrogens (tertiary/aromatic N) is 1. The molecule has 0 aliphatic carbocycles. The second-order valence-electron chi connectivity index (χ2n) is 10.5. The third-order valence-electron chi connectivity index (χ3n) is 5.94. The van der Waals surface area contributed by atoms with Crippen LogP contribution in [0, 0.1) is 13.8 Å². The van der Waals surface area contributed by atoms with Gasteiger partial charge in [-0.05, 0) is 76.2 Å². The lowest BCUT2D eigenvalue weighted by molar-refractivity contribution is -0.142. The van der Waals surface area contributed by atoms with Gasteiger partial charge in [-0.2, -0.15) is 11.8 Å². The van der Waals surface area contributed by atoms with E-state index >= 15 is 0 Å². The Hall–Kier alpha value is -3.00. The number of carbonyl (C=O) groups excluding carboxylic acids is 3. The van der Waals surface area contributed by atoms with Gasteiger partial charge >= 0.3 is 6.09 Å². The fraction of sp³-hybridized carbons (Fsp3) is 0.500. The molecular weight excluding hydrogens is 498 g/mol. The molecule has 0 spiro atoms. The summed E-state index contributed by atoms with van der Waals surface area (Å²) in [6.45, 7) is 12.0. The van der Waals surface area contributed by atoms with Gasteiger partial charge in [-0.1, -0.05) is 61.0 Å². The first kappa shape index (κ1) is 31.2. The summed E-state index contributed by atoms with van der Waals surface area (Å²) in [5, 5.41) is 5.81. The SMILES string of the molecule is CCCN(C(=O)C(CCSC)NC(=O)OC(C)(C)C)C(C(=O)NCc1ccccc1)c1ccc(C)cc1C. The molecule has 0 aromatic heterocycles. The Morgan fingerprint density at radius 1 is 1.05 bits per heavy atom. The van der Waals surface area contributed by atoms with E-state index in [1.165, 1.54) is 0 Å². The highest BCUT2D eigenvalue weighted by molar-refractivity contribution is 7.98. The fourth-order valence-electron chi connectivity index (χ4n) is 4.22. The molecule has 3 amide bonds. The van der Waals surface area contributed by atoms with Crippen molar-refractivity contribution in [3.63, 3.8) is 0 Å². The second-order valence-corrected chi connectivity index (χ2v) is 11.5. The van der Waals surface area contributed by atoms with E-state index in [2.05, 4.69) is 10.6 Å². The van der Waals surface area contributed by atoms with Crippen molar-refractivity contribution in [3.8, 4) is 0 Å². The number of carbonyl (C=O) groups is 3. The predicted molar refractivity (Wildman–Crippen MR) is 155 cm³/mol. The van der Waals surface area contributed by atoms with Crippen LogP contribution in [0.3, 0.4) is 0 Å².